The van der Waals surface area contributed by atoms with Crippen molar-refractivity contribution in [2.75, 3.05) is 6.54 Å². The molecule has 0 spiro atoms. The van der Waals surface area contributed by atoms with Crippen LogP contribution in [0.2, 0.25) is 0 Å². The van der Waals surface area contributed by atoms with Gasteiger partial charge in [-0.05, 0) is 31.4 Å². The van der Waals surface area contributed by atoms with Crippen molar-refractivity contribution in [2.45, 2.75) is 38.6 Å². The zero-order chi connectivity index (χ0) is 13.8. The van der Waals surface area contributed by atoms with Crippen molar-refractivity contribution in [1.82, 2.24) is 20.3 Å². The van der Waals surface area contributed by atoms with Crippen LogP contribution in [-0.4, -0.2) is 21.5 Å². The summed E-state index contributed by atoms with van der Waals surface area (Å²) >= 11 is 0. The van der Waals surface area contributed by atoms with Gasteiger partial charge in [-0.3, -0.25) is 9.78 Å². The maximum Gasteiger partial charge on any atom is 0.258 e. The molecule has 0 bridgehead atoms. The number of aromatic nitrogens is 3. The van der Waals surface area contributed by atoms with E-state index in [-0.39, 0.29) is 5.56 Å². The van der Waals surface area contributed by atoms with Gasteiger partial charge in [0.2, 0.25) is 0 Å². The molecule has 5 heteroatoms. The molecular formula is C15H20N4O. The zero-order valence-corrected chi connectivity index (χ0v) is 11.6. The summed E-state index contributed by atoms with van der Waals surface area (Å²) in [5, 5.41) is 4.08. The summed E-state index contributed by atoms with van der Waals surface area (Å²) in [5.74, 6) is 0.787. The lowest BCUT2D eigenvalue weighted by molar-refractivity contribution is 0.341. The molecule has 2 N–H and O–H groups in total. The largest absolute Gasteiger partial charge is 0.313 e. The number of hydrogen-bond acceptors (Lipinski definition) is 4. The standard InChI is InChI=1S/C15H20N4O/c20-15-12-6-7-17-13(14(12)18-10-19-15)9-16-8-11-4-2-1-3-5-11/h6-7,10-11,16H,1-5,8-9H2,(H,18,19,20). The Balaban J connectivity index is 1.68. The number of hydrogen-bond donors (Lipinski definition) is 2. The fourth-order valence-electron chi connectivity index (χ4n) is 2.97. The number of fused-ring (bicyclic) bond motifs is 1. The number of nitrogens with zero attached hydrogens (tertiary/aromatic N) is 2. The first-order chi connectivity index (χ1) is 9.84. The average Bonchev–Trinajstić information content (AvgIpc) is 2.49. The Morgan fingerprint density at radius 2 is 2.10 bits per heavy atom. The van der Waals surface area contributed by atoms with Crippen LogP contribution in [-0.2, 0) is 6.54 Å². The van der Waals surface area contributed by atoms with E-state index in [9.17, 15) is 4.79 Å². The summed E-state index contributed by atoms with van der Waals surface area (Å²) in [4.78, 5) is 22.9. The molecule has 3 rings (SSSR count). The van der Waals surface area contributed by atoms with Crippen molar-refractivity contribution in [2.24, 2.45) is 5.92 Å². The summed E-state index contributed by atoms with van der Waals surface area (Å²) in [5.41, 5.74) is 1.45. The first-order valence-electron chi connectivity index (χ1n) is 7.36. The molecule has 2 aromatic heterocycles. The fourth-order valence-corrected chi connectivity index (χ4v) is 2.97. The molecule has 106 valence electrons. The molecule has 2 aromatic rings. The second kappa shape index (κ2) is 6.13. The van der Waals surface area contributed by atoms with Crippen molar-refractivity contribution in [1.29, 1.82) is 0 Å². The van der Waals surface area contributed by atoms with Crippen LogP contribution in [0.4, 0.5) is 0 Å². The van der Waals surface area contributed by atoms with E-state index in [2.05, 4.69) is 20.3 Å². The molecule has 1 aliphatic carbocycles. The molecule has 2 heterocycles. The van der Waals surface area contributed by atoms with Crippen molar-refractivity contribution in [3.05, 3.63) is 34.6 Å². The molecule has 1 saturated carbocycles. The van der Waals surface area contributed by atoms with Gasteiger partial charge in [0, 0.05) is 12.7 Å². The van der Waals surface area contributed by atoms with Gasteiger partial charge in [0.15, 0.2) is 0 Å². The van der Waals surface area contributed by atoms with Crippen molar-refractivity contribution < 1.29 is 0 Å². The van der Waals surface area contributed by atoms with E-state index in [1.807, 2.05) is 0 Å². The van der Waals surface area contributed by atoms with Crippen LogP contribution < -0.4 is 10.9 Å². The summed E-state index contributed by atoms with van der Waals surface area (Å²) in [7, 11) is 0. The van der Waals surface area contributed by atoms with Crippen LogP contribution in [0, 0.1) is 5.92 Å². The fraction of sp³-hybridized carbons (Fsp3) is 0.533. The number of pyridine rings is 1. The molecule has 0 aliphatic heterocycles. The van der Waals surface area contributed by atoms with E-state index in [1.165, 1.54) is 38.4 Å². The first kappa shape index (κ1) is 13.2. The highest BCUT2D eigenvalue weighted by atomic mass is 16.1. The first-order valence-corrected chi connectivity index (χ1v) is 7.36. The molecule has 0 saturated heterocycles. The van der Waals surface area contributed by atoms with Crippen LogP contribution in [0.5, 0.6) is 0 Å². The molecule has 5 nitrogen and oxygen atoms in total. The summed E-state index contributed by atoms with van der Waals surface area (Å²) < 4.78 is 0. The molecule has 0 aromatic carbocycles. The Morgan fingerprint density at radius 3 is 2.95 bits per heavy atom. The highest BCUT2D eigenvalue weighted by molar-refractivity contribution is 5.78. The Hall–Kier alpha value is -1.75. The van der Waals surface area contributed by atoms with E-state index in [1.54, 1.807) is 12.3 Å². The maximum atomic E-state index is 11.7. The summed E-state index contributed by atoms with van der Waals surface area (Å²) in [6.45, 7) is 1.70. The average molecular weight is 272 g/mol. The van der Waals surface area contributed by atoms with Gasteiger partial charge in [-0.1, -0.05) is 19.3 Å². The number of H-pyrrole nitrogens is 1. The Morgan fingerprint density at radius 1 is 1.25 bits per heavy atom. The van der Waals surface area contributed by atoms with E-state index in [0.29, 0.717) is 17.4 Å². The number of aromatic amines is 1. The van der Waals surface area contributed by atoms with Crippen LogP contribution in [0.1, 0.15) is 37.8 Å². The van der Waals surface area contributed by atoms with Gasteiger partial charge in [0.1, 0.15) is 5.52 Å². The summed E-state index contributed by atoms with van der Waals surface area (Å²) in [6, 6.07) is 1.71. The van der Waals surface area contributed by atoms with E-state index in [4.69, 9.17) is 0 Å². The molecule has 0 radical (unpaired) electrons. The third-order valence-corrected chi connectivity index (χ3v) is 4.08. The minimum Gasteiger partial charge on any atom is -0.313 e. The predicted octanol–water partition coefficient (Wildman–Crippen LogP) is 1.99. The van der Waals surface area contributed by atoms with E-state index < -0.39 is 0 Å². The van der Waals surface area contributed by atoms with Crippen LogP contribution >= 0.6 is 0 Å². The normalized spacial score (nSPS) is 16.6. The van der Waals surface area contributed by atoms with Crippen LogP contribution in [0.25, 0.3) is 10.9 Å². The highest BCUT2D eigenvalue weighted by Crippen LogP contribution is 2.22. The predicted molar refractivity (Wildman–Crippen MR) is 78.4 cm³/mol. The monoisotopic (exact) mass is 272 g/mol. The molecule has 0 unspecified atom stereocenters. The lowest BCUT2D eigenvalue weighted by atomic mass is 9.89. The minimum atomic E-state index is -0.106. The van der Waals surface area contributed by atoms with Gasteiger partial charge in [0.05, 0.1) is 17.4 Å². The second-order valence-corrected chi connectivity index (χ2v) is 5.52. The van der Waals surface area contributed by atoms with Crippen LogP contribution in [0.15, 0.2) is 23.4 Å². The van der Waals surface area contributed by atoms with Crippen molar-refractivity contribution in [3.63, 3.8) is 0 Å². The maximum absolute atomic E-state index is 11.7. The van der Waals surface area contributed by atoms with Gasteiger partial charge in [0.25, 0.3) is 5.56 Å². The Bertz CT molecular complexity index is 631. The highest BCUT2D eigenvalue weighted by Gasteiger charge is 2.13. The summed E-state index contributed by atoms with van der Waals surface area (Å²) in [6.07, 6.45) is 9.87. The SMILES string of the molecule is O=c1[nH]cnc2c(CNCC3CCCCC3)nccc12. The Kier molecular flexibility index (Phi) is 4.06. The molecule has 0 atom stereocenters. The number of rotatable bonds is 4. The quantitative estimate of drug-likeness (QED) is 0.893. The Labute approximate surface area is 117 Å². The van der Waals surface area contributed by atoms with Gasteiger partial charge >= 0.3 is 0 Å². The van der Waals surface area contributed by atoms with Gasteiger partial charge < -0.3 is 10.3 Å². The smallest absolute Gasteiger partial charge is 0.258 e. The van der Waals surface area contributed by atoms with E-state index >= 15 is 0 Å². The minimum absolute atomic E-state index is 0.106. The van der Waals surface area contributed by atoms with Gasteiger partial charge in [-0.25, -0.2) is 4.98 Å². The van der Waals surface area contributed by atoms with Crippen molar-refractivity contribution in [3.8, 4) is 0 Å². The molecular weight excluding hydrogens is 252 g/mol. The van der Waals surface area contributed by atoms with E-state index in [0.717, 1.165) is 18.2 Å². The second-order valence-electron chi connectivity index (χ2n) is 5.52. The lowest BCUT2D eigenvalue weighted by Gasteiger charge is -2.21. The number of nitrogens with one attached hydrogen (secondary N) is 2. The van der Waals surface area contributed by atoms with Gasteiger partial charge in [-0.2, -0.15) is 0 Å². The van der Waals surface area contributed by atoms with Crippen molar-refractivity contribution >= 4 is 10.9 Å². The molecule has 1 aliphatic rings. The topological polar surface area (TPSA) is 70.7 Å². The molecule has 20 heavy (non-hydrogen) atoms. The lowest BCUT2D eigenvalue weighted by Crippen LogP contribution is -2.24. The van der Waals surface area contributed by atoms with Crippen LogP contribution in [0.3, 0.4) is 0 Å². The van der Waals surface area contributed by atoms with Gasteiger partial charge in [-0.15, -0.1) is 0 Å². The molecule has 1 fully saturated rings. The zero-order valence-electron chi connectivity index (χ0n) is 11.6. The molecule has 0 amide bonds. The third kappa shape index (κ3) is 2.88. The third-order valence-electron chi connectivity index (χ3n) is 4.08.